The van der Waals surface area contributed by atoms with Gasteiger partial charge in [0.15, 0.2) is 0 Å². The van der Waals surface area contributed by atoms with Crippen molar-refractivity contribution in [3.05, 3.63) is 21.9 Å². The molecule has 114 valence electrons. The maximum Gasteiger partial charge on any atom is 0.0327 e. The first kappa shape index (κ1) is 16.0. The van der Waals surface area contributed by atoms with E-state index in [4.69, 9.17) is 0 Å². The minimum absolute atomic E-state index is 0.558. The Morgan fingerprint density at radius 3 is 2.60 bits per heavy atom. The molecule has 20 heavy (non-hydrogen) atoms. The Labute approximate surface area is 128 Å². The lowest BCUT2D eigenvalue weighted by atomic mass is 10.0. The van der Waals surface area contributed by atoms with E-state index in [-0.39, 0.29) is 0 Å². The molecule has 1 fully saturated rings. The molecule has 2 heterocycles. The maximum absolute atomic E-state index is 3.49. The Hall–Kier alpha value is -0.420. The molecular weight excluding hydrogens is 266 g/mol. The van der Waals surface area contributed by atoms with Crippen LogP contribution in [-0.4, -0.2) is 49.1 Å². The van der Waals surface area contributed by atoms with E-state index in [1.165, 1.54) is 35.7 Å². The largest absolute Gasteiger partial charge is 0.310 e. The highest BCUT2D eigenvalue weighted by Crippen LogP contribution is 2.21. The summed E-state index contributed by atoms with van der Waals surface area (Å²) < 4.78 is 0. The van der Waals surface area contributed by atoms with Crippen molar-refractivity contribution in [3.8, 4) is 0 Å². The third kappa shape index (κ3) is 4.85. The van der Waals surface area contributed by atoms with Gasteiger partial charge in [-0.2, -0.15) is 0 Å². The Bertz CT molecular complexity index is 394. The van der Waals surface area contributed by atoms with E-state index in [1.807, 2.05) is 11.3 Å². The zero-order chi connectivity index (χ0) is 14.5. The van der Waals surface area contributed by atoms with E-state index in [2.05, 4.69) is 55.2 Å². The number of likely N-dealkylation sites (tertiary alicyclic amines) is 1. The van der Waals surface area contributed by atoms with Gasteiger partial charge in [-0.3, -0.25) is 4.90 Å². The van der Waals surface area contributed by atoms with E-state index in [0.717, 1.165) is 19.1 Å². The first-order chi connectivity index (χ1) is 9.54. The van der Waals surface area contributed by atoms with Crippen molar-refractivity contribution in [1.82, 2.24) is 15.1 Å². The molecule has 1 aliphatic heterocycles. The molecule has 1 aromatic heterocycles. The predicted octanol–water partition coefficient (Wildman–Crippen LogP) is 2.77. The van der Waals surface area contributed by atoms with Gasteiger partial charge in [-0.15, -0.1) is 11.3 Å². The lowest BCUT2D eigenvalue weighted by Crippen LogP contribution is -2.41. The first-order valence-corrected chi connectivity index (χ1v) is 8.56. The molecule has 0 aliphatic carbocycles. The molecule has 1 N–H and O–H groups in total. The van der Waals surface area contributed by atoms with Gasteiger partial charge in [0.05, 0.1) is 0 Å². The molecule has 3 nitrogen and oxygen atoms in total. The highest BCUT2D eigenvalue weighted by atomic mass is 32.1. The van der Waals surface area contributed by atoms with E-state index in [1.54, 1.807) is 0 Å². The second-order valence-corrected chi connectivity index (χ2v) is 7.61. The molecular formula is C16H29N3S. The SMILES string of the molecule is CC(C)NCc1ccc(CN(C)C2CCN(C)CC2)s1. The van der Waals surface area contributed by atoms with E-state index < -0.39 is 0 Å². The predicted molar refractivity (Wildman–Crippen MR) is 88.3 cm³/mol. The van der Waals surface area contributed by atoms with Gasteiger partial charge in [0.2, 0.25) is 0 Å². The van der Waals surface area contributed by atoms with Crippen LogP contribution in [0.1, 0.15) is 36.4 Å². The number of nitrogens with one attached hydrogen (secondary N) is 1. The molecule has 0 saturated carbocycles. The van der Waals surface area contributed by atoms with Crippen LogP contribution in [0.3, 0.4) is 0 Å². The summed E-state index contributed by atoms with van der Waals surface area (Å²) in [5.41, 5.74) is 0. The molecule has 0 aromatic carbocycles. The van der Waals surface area contributed by atoms with Crippen LogP contribution in [0, 0.1) is 0 Å². The summed E-state index contributed by atoms with van der Waals surface area (Å²) in [7, 11) is 4.51. The fourth-order valence-corrected chi connectivity index (χ4v) is 3.75. The van der Waals surface area contributed by atoms with Gasteiger partial charge in [-0.1, -0.05) is 13.8 Å². The zero-order valence-corrected chi connectivity index (χ0v) is 14.2. The number of rotatable bonds is 6. The van der Waals surface area contributed by atoms with Crippen molar-refractivity contribution in [3.63, 3.8) is 0 Å². The first-order valence-electron chi connectivity index (χ1n) is 7.74. The number of nitrogens with zero attached hydrogens (tertiary/aromatic N) is 2. The van der Waals surface area contributed by atoms with Crippen LogP contribution in [0.15, 0.2) is 12.1 Å². The average molecular weight is 295 g/mol. The van der Waals surface area contributed by atoms with Crippen molar-refractivity contribution in [1.29, 1.82) is 0 Å². The summed E-state index contributed by atoms with van der Waals surface area (Å²) in [5, 5.41) is 3.49. The molecule has 1 aromatic rings. The van der Waals surface area contributed by atoms with Crippen molar-refractivity contribution in [2.75, 3.05) is 27.2 Å². The third-order valence-corrected chi connectivity index (χ3v) is 5.19. The van der Waals surface area contributed by atoms with Gasteiger partial charge in [0, 0.05) is 34.9 Å². The van der Waals surface area contributed by atoms with Crippen molar-refractivity contribution in [2.45, 2.75) is 51.9 Å². The number of hydrogen-bond donors (Lipinski definition) is 1. The quantitative estimate of drug-likeness (QED) is 0.870. The van der Waals surface area contributed by atoms with Crippen LogP contribution in [-0.2, 0) is 13.1 Å². The van der Waals surface area contributed by atoms with E-state index in [0.29, 0.717) is 6.04 Å². The number of piperidine rings is 1. The zero-order valence-electron chi connectivity index (χ0n) is 13.4. The Morgan fingerprint density at radius 1 is 1.30 bits per heavy atom. The molecule has 0 radical (unpaired) electrons. The molecule has 1 saturated heterocycles. The standard InChI is InChI=1S/C16H29N3S/c1-13(2)17-11-15-5-6-16(20-15)12-19(4)14-7-9-18(3)10-8-14/h5-6,13-14,17H,7-12H2,1-4H3. The molecule has 0 amide bonds. The van der Waals surface area contributed by atoms with Crippen LogP contribution < -0.4 is 5.32 Å². The van der Waals surface area contributed by atoms with Gasteiger partial charge >= 0.3 is 0 Å². The van der Waals surface area contributed by atoms with Gasteiger partial charge in [-0.05, 0) is 52.2 Å². The molecule has 0 atom stereocenters. The van der Waals surface area contributed by atoms with Crippen molar-refractivity contribution < 1.29 is 0 Å². The molecule has 0 bridgehead atoms. The Morgan fingerprint density at radius 2 is 1.95 bits per heavy atom. The van der Waals surface area contributed by atoms with E-state index >= 15 is 0 Å². The van der Waals surface area contributed by atoms with Gasteiger partial charge in [0.25, 0.3) is 0 Å². The second kappa shape index (κ2) is 7.55. The molecule has 2 rings (SSSR count). The summed E-state index contributed by atoms with van der Waals surface area (Å²) in [4.78, 5) is 7.92. The van der Waals surface area contributed by atoms with Crippen LogP contribution >= 0.6 is 11.3 Å². The second-order valence-electron chi connectivity index (χ2n) is 6.35. The maximum atomic E-state index is 3.49. The van der Waals surface area contributed by atoms with Crippen LogP contribution in [0.5, 0.6) is 0 Å². The van der Waals surface area contributed by atoms with Gasteiger partial charge in [-0.25, -0.2) is 0 Å². The molecule has 1 aliphatic rings. The van der Waals surface area contributed by atoms with E-state index in [9.17, 15) is 0 Å². The van der Waals surface area contributed by atoms with Crippen LogP contribution in [0.2, 0.25) is 0 Å². The molecule has 0 unspecified atom stereocenters. The van der Waals surface area contributed by atoms with Gasteiger partial charge < -0.3 is 10.2 Å². The average Bonchev–Trinajstić information content (AvgIpc) is 2.84. The highest BCUT2D eigenvalue weighted by molar-refractivity contribution is 7.11. The summed E-state index contributed by atoms with van der Waals surface area (Å²) in [6, 6.07) is 5.89. The fourth-order valence-electron chi connectivity index (χ4n) is 2.72. The minimum atomic E-state index is 0.558. The highest BCUT2D eigenvalue weighted by Gasteiger charge is 2.20. The normalized spacial score (nSPS) is 18.3. The summed E-state index contributed by atoms with van der Waals surface area (Å²) >= 11 is 1.95. The Balaban J connectivity index is 1.80. The molecule has 0 spiro atoms. The topological polar surface area (TPSA) is 18.5 Å². The van der Waals surface area contributed by atoms with Crippen molar-refractivity contribution in [2.24, 2.45) is 0 Å². The molecule has 4 heteroatoms. The number of thiophene rings is 1. The van der Waals surface area contributed by atoms with Crippen molar-refractivity contribution >= 4 is 11.3 Å². The Kier molecular flexibility index (Phi) is 6.02. The third-order valence-electron chi connectivity index (χ3n) is 4.12. The summed E-state index contributed by atoms with van der Waals surface area (Å²) in [6.07, 6.45) is 2.61. The van der Waals surface area contributed by atoms with Crippen LogP contribution in [0.25, 0.3) is 0 Å². The van der Waals surface area contributed by atoms with Gasteiger partial charge in [0.1, 0.15) is 0 Å². The number of hydrogen-bond acceptors (Lipinski definition) is 4. The summed E-state index contributed by atoms with van der Waals surface area (Å²) in [5.74, 6) is 0. The van der Waals surface area contributed by atoms with Crippen LogP contribution in [0.4, 0.5) is 0 Å². The lowest BCUT2D eigenvalue weighted by molar-refractivity contribution is 0.140. The minimum Gasteiger partial charge on any atom is -0.310 e. The summed E-state index contributed by atoms with van der Waals surface area (Å²) in [6.45, 7) is 8.97. The fraction of sp³-hybridized carbons (Fsp3) is 0.750. The smallest absolute Gasteiger partial charge is 0.0327 e. The lowest BCUT2D eigenvalue weighted by Gasteiger charge is -2.34. The monoisotopic (exact) mass is 295 g/mol.